The van der Waals surface area contributed by atoms with Crippen molar-refractivity contribution in [3.8, 4) is 0 Å². The summed E-state index contributed by atoms with van der Waals surface area (Å²) < 4.78 is 12.1. The summed E-state index contributed by atoms with van der Waals surface area (Å²) in [7, 11) is -1.08. The van der Waals surface area contributed by atoms with Gasteiger partial charge in [0.15, 0.2) is 0 Å². The summed E-state index contributed by atoms with van der Waals surface area (Å²) in [6, 6.07) is 1.66. The van der Waals surface area contributed by atoms with Crippen LogP contribution in [-0.2, 0) is 10.8 Å². The SMILES string of the molecule is O=[S@](c1ccnc(Cl)n1)[C@@H]1CCCNC1. The third-order valence-corrected chi connectivity index (χ3v) is 4.19. The fourth-order valence-electron chi connectivity index (χ4n) is 1.60. The number of aromatic nitrogens is 2. The van der Waals surface area contributed by atoms with Crippen LogP contribution < -0.4 is 5.32 Å². The van der Waals surface area contributed by atoms with Crippen molar-refractivity contribution in [3.63, 3.8) is 0 Å². The first-order valence-electron chi connectivity index (χ1n) is 4.87. The number of hydrogen-bond acceptors (Lipinski definition) is 4. The van der Waals surface area contributed by atoms with Gasteiger partial charge in [-0.25, -0.2) is 9.97 Å². The van der Waals surface area contributed by atoms with Gasteiger partial charge in [-0.3, -0.25) is 4.21 Å². The third kappa shape index (κ3) is 2.74. The van der Waals surface area contributed by atoms with Crippen LogP contribution in [0.5, 0.6) is 0 Å². The van der Waals surface area contributed by atoms with Gasteiger partial charge in [0.2, 0.25) is 5.28 Å². The lowest BCUT2D eigenvalue weighted by atomic mass is 10.2. The number of piperidine rings is 1. The van der Waals surface area contributed by atoms with Gasteiger partial charge in [0.05, 0.1) is 16.0 Å². The fraction of sp³-hybridized carbons (Fsp3) is 0.556. The first-order chi connectivity index (χ1) is 7.27. The van der Waals surface area contributed by atoms with Crippen LogP contribution in [0.3, 0.4) is 0 Å². The molecule has 2 rings (SSSR count). The summed E-state index contributed by atoms with van der Waals surface area (Å²) in [6.45, 7) is 1.80. The molecule has 6 heteroatoms. The van der Waals surface area contributed by atoms with Crippen LogP contribution in [0.2, 0.25) is 5.28 Å². The Balaban J connectivity index is 2.12. The van der Waals surface area contributed by atoms with Crippen molar-refractivity contribution in [3.05, 3.63) is 17.5 Å². The highest BCUT2D eigenvalue weighted by molar-refractivity contribution is 7.85. The molecule has 2 atom stereocenters. The number of halogens is 1. The smallest absolute Gasteiger partial charge is 0.223 e. The Bertz CT molecular complexity index is 368. The van der Waals surface area contributed by atoms with Crippen molar-refractivity contribution in [2.24, 2.45) is 0 Å². The molecule has 0 bridgehead atoms. The maximum atomic E-state index is 12.1. The molecule has 2 heterocycles. The van der Waals surface area contributed by atoms with Crippen LogP contribution in [0.25, 0.3) is 0 Å². The molecule has 1 aromatic heterocycles. The van der Waals surface area contributed by atoms with Crippen molar-refractivity contribution >= 4 is 22.4 Å². The van der Waals surface area contributed by atoms with Gasteiger partial charge in [-0.1, -0.05) is 0 Å². The summed E-state index contributed by atoms with van der Waals surface area (Å²) in [4.78, 5) is 7.75. The standard InChI is InChI=1S/C9H12ClN3OS/c10-9-12-5-3-8(13-9)15(14)7-2-1-4-11-6-7/h3,5,7,11H,1-2,4,6H2/t7-,15+/m1/s1. The molecule has 1 aliphatic rings. The van der Waals surface area contributed by atoms with Crippen LogP contribution >= 0.6 is 11.6 Å². The Labute approximate surface area is 95.9 Å². The Kier molecular flexibility index (Phi) is 3.66. The molecule has 15 heavy (non-hydrogen) atoms. The van der Waals surface area contributed by atoms with E-state index in [0.29, 0.717) is 5.03 Å². The first-order valence-corrected chi connectivity index (χ1v) is 6.46. The molecule has 1 saturated heterocycles. The minimum absolute atomic E-state index is 0.143. The van der Waals surface area contributed by atoms with Crippen molar-refractivity contribution in [2.75, 3.05) is 13.1 Å². The van der Waals surface area contributed by atoms with Gasteiger partial charge >= 0.3 is 0 Å². The Morgan fingerprint density at radius 3 is 3.13 bits per heavy atom. The molecular formula is C9H12ClN3OS. The van der Waals surface area contributed by atoms with E-state index in [2.05, 4.69) is 15.3 Å². The van der Waals surface area contributed by atoms with Crippen molar-refractivity contribution in [1.29, 1.82) is 0 Å². The van der Waals surface area contributed by atoms with Crippen molar-refractivity contribution in [2.45, 2.75) is 23.1 Å². The molecule has 0 spiro atoms. The van der Waals surface area contributed by atoms with E-state index < -0.39 is 10.8 Å². The summed E-state index contributed by atoms with van der Waals surface area (Å²) in [5.41, 5.74) is 0. The van der Waals surface area contributed by atoms with E-state index in [1.807, 2.05) is 0 Å². The molecular weight excluding hydrogens is 234 g/mol. The van der Waals surface area contributed by atoms with Gasteiger partial charge in [0.1, 0.15) is 5.03 Å². The van der Waals surface area contributed by atoms with Crippen molar-refractivity contribution in [1.82, 2.24) is 15.3 Å². The van der Waals surface area contributed by atoms with E-state index in [0.717, 1.165) is 25.9 Å². The van der Waals surface area contributed by atoms with E-state index in [4.69, 9.17) is 11.6 Å². The normalized spacial score (nSPS) is 23.7. The second kappa shape index (κ2) is 5.01. The molecule has 4 nitrogen and oxygen atoms in total. The zero-order valence-electron chi connectivity index (χ0n) is 8.15. The van der Waals surface area contributed by atoms with E-state index in [1.165, 1.54) is 0 Å². The highest BCUT2D eigenvalue weighted by Gasteiger charge is 2.21. The van der Waals surface area contributed by atoms with E-state index in [1.54, 1.807) is 12.3 Å². The first kappa shape index (κ1) is 11.0. The third-order valence-electron chi connectivity index (χ3n) is 2.36. The number of nitrogens with zero attached hydrogens (tertiary/aromatic N) is 2. The van der Waals surface area contributed by atoms with Gasteiger partial charge in [-0.05, 0) is 37.1 Å². The van der Waals surface area contributed by atoms with Gasteiger partial charge in [-0.2, -0.15) is 0 Å². The topological polar surface area (TPSA) is 54.9 Å². The lowest BCUT2D eigenvalue weighted by molar-refractivity contribution is 0.519. The number of rotatable bonds is 2. The lowest BCUT2D eigenvalue weighted by Gasteiger charge is -2.21. The molecule has 1 aliphatic heterocycles. The molecule has 0 saturated carbocycles. The van der Waals surface area contributed by atoms with Crippen LogP contribution in [-0.4, -0.2) is 32.5 Å². The van der Waals surface area contributed by atoms with Crippen molar-refractivity contribution < 1.29 is 4.21 Å². The van der Waals surface area contributed by atoms with E-state index in [-0.39, 0.29) is 10.5 Å². The van der Waals surface area contributed by atoms with Gasteiger partial charge in [0.25, 0.3) is 0 Å². The highest BCUT2D eigenvalue weighted by Crippen LogP contribution is 2.15. The Hall–Kier alpha value is -0.520. The van der Waals surface area contributed by atoms with Crippen LogP contribution in [0.1, 0.15) is 12.8 Å². The minimum Gasteiger partial charge on any atom is -0.316 e. The molecule has 0 radical (unpaired) electrons. The lowest BCUT2D eigenvalue weighted by Crippen LogP contribution is -2.36. The maximum Gasteiger partial charge on any atom is 0.223 e. The number of hydrogen-bond donors (Lipinski definition) is 1. The summed E-state index contributed by atoms with van der Waals surface area (Å²) in [6.07, 6.45) is 3.58. The average Bonchev–Trinajstić information content (AvgIpc) is 2.29. The molecule has 82 valence electrons. The van der Waals surface area contributed by atoms with E-state index >= 15 is 0 Å². The quantitative estimate of drug-likeness (QED) is 0.624. The zero-order valence-corrected chi connectivity index (χ0v) is 9.72. The molecule has 1 N–H and O–H groups in total. The Morgan fingerprint density at radius 2 is 2.47 bits per heavy atom. The van der Waals surface area contributed by atoms with Crippen LogP contribution in [0.4, 0.5) is 0 Å². The van der Waals surface area contributed by atoms with E-state index in [9.17, 15) is 4.21 Å². The van der Waals surface area contributed by atoms with Crippen LogP contribution in [0, 0.1) is 0 Å². The fourth-order valence-corrected chi connectivity index (χ4v) is 3.17. The highest BCUT2D eigenvalue weighted by atomic mass is 35.5. The van der Waals surface area contributed by atoms with Gasteiger partial charge < -0.3 is 5.32 Å². The molecule has 0 aromatic carbocycles. The predicted octanol–water partition coefficient (Wildman–Crippen LogP) is 0.990. The molecule has 0 aliphatic carbocycles. The maximum absolute atomic E-state index is 12.1. The molecule has 0 amide bonds. The van der Waals surface area contributed by atoms with Gasteiger partial charge in [0, 0.05) is 12.7 Å². The monoisotopic (exact) mass is 245 g/mol. The molecule has 1 fully saturated rings. The minimum atomic E-state index is -1.08. The average molecular weight is 246 g/mol. The largest absolute Gasteiger partial charge is 0.316 e. The van der Waals surface area contributed by atoms with Gasteiger partial charge in [-0.15, -0.1) is 0 Å². The number of nitrogens with one attached hydrogen (secondary N) is 1. The second-order valence-corrected chi connectivity index (χ2v) is 5.45. The second-order valence-electron chi connectivity index (χ2n) is 3.43. The Morgan fingerprint density at radius 1 is 1.60 bits per heavy atom. The summed E-state index contributed by atoms with van der Waals surface area (Å²) in [5.74, 6) is 0. The zero-order chi connectivity index (χ0) is 10.7. The molecule has 1 aromatic rings. The summed E-state index contributed by atoms with van der Waals surface area (Å²) in [5, 5.41) is 4.06. The van der Waals surface area contributed by atoms with Crippen LogP contribution in [0.15, 0.2) is 17.3 Å². The summed E-state index contributed by atoms with van der Waals surface area (Å²) >= 11 is 5.66. The molecule has 0 unspecified atom stereocenters. The predicted molar refractivity (Wildman–Crippen MR) is 59.3 cm³/mol.